The number of carbonyl (C=O) groups excluding carboxylic acids is 1. The van der Waals surface area contributed by atoms with Gasteiger partial charge in [0.15, 0.2) is 0 Å². The fourth-order valence-corrected chi connectivity index (χ4v) is 1.48. The molecule has 0 amide bonds. The molecule has 0 atom stereocenters. The number of carbonyl (C=O) groups is 1. The van der Waals surface area contributed by atoms with Crippen molar-refractivity contribution in [2.45, 2.75) is 20.0 Å². The predicted octanol–water partition coefficient (Wildman–Crippen LogP) is 3.45. The van der Waals surface area contributed by atoms with Crippen LogP contribution in [-0.2, 0) is 21.0 Å². The van der Waals surface area contributed by atoms with E-state index in [2.05, 4.69) is 9.89 Å². The smallest absolute Gasteiger partial charge is 0.311 e. The zero-order chi connectivity index (χ0) is 13.5. The topological polar surface area (TPSA) is 47.9 Å². The lowest BCUT2D eigenvalue weighted by molar-refractivity contribution is -0.139. The van der Waals surface area contributed by atoms with Gasteiger partial charge in [-0.1, -0.05) is 34.4 Å². The van der Waals surface area contributed by atoms with Crippen LogP contribution in [0.3, 0.4) is 0 Å². The first-order chi connectivity index (χ1) is 8.52. The third kappa shape index (κ3) is 4.94. The quantitative estimate of drug-likeness (QED) is 0.474. The maximum atomic E-state index is 10.9. The number of esters is 1. The van der Waals surface area contributed by atoms with Crippen LogP contribution in [0.15, 0.2) is 23.4 Å². The SMILES string of the molecule is COC(=O)CC(C)=NOCc1ccc(Cl)c(Cl)c1. The molecule has 1 aromatic rings. The molecule has 6 heteroatoms. The average molecular weight is 290 g/mol. The van der Waals surface area contributed by atoms with Gasteiger partial charge in [-0.15, -0.1) is 0 Å². The van der Waals surface area contributed by atoms with Crippen molar-refractivity contribution in [1.29, 1.82) is 0 Å². The number of nitrogens with zero attached hydrogens (tertiary/aromatic N) is 1. The minimum atomic E-state index is -0.352. The zero-order valence-electron chi connectivity index (χ0n) is 10.1. The Kier molecular flexibility index (Phi) is 5.95. The van der Waals surface area contributed by atoms with Crippen LogP contribution in [0.25, 0.3) is 0 Å². The van der Waals surface area contributed by atoms with Crippen molar-refractivity contribution in [2.75, 3.05) is 7.11 Å². The predicted molar refractivity (Wildman–Crippen MR) is 71.0 cm³/mol. The van der Waals surface area contributed by atoms with Crippen molar-refractivity contribution in [3.63, 3.8) is 0 Å². The van der Waals surface area contributed by atoms with Crippen LogP contribution in [0.4, 0.5) is 0 Å². The lowest BCUT2D eigenvalue weighted by Crippen LogP contribution is -2.06. The van der Waals surface area contributed by atoms with E-state index in [1.807, 2.05) is 0 Å². The Labute approximate surface area is 115 Å². The molecular weight excluding hydrogens is 277 g/mol. The molecule has 0 aromatic heterocycles. The normalized spacial score (nSPS) is 11.2. The fraction of sp³-hybridized carbons (Fsp3) is 0.333. The number of benzene rings is 1. The maximum Gasteiger partial charge on any atom is 0.311 e. The molecule has 98 valence electrons. The van der Waals surface area contributed by atoms with Gasteiger partial charge in [0.2, 0.25) is 0 Å². The van der Waals surface area contributed by atoms with E-state index < -0.39 is 0 Å². The molecule has 0 bridgehead atoms. The molecule has 18 heavy (non-hydrogen) atoms. The molecule has 0 fully saturated rings. The summed E-state index contributed by atoms with van der Waals surface area (Å²) in [5.41, 5.74) is 1.39. The van der Waals surface area contributed by atoms with E-state index in [4.69, 9.17) is 28.0 Å². The summed E-state index contributed by atoms with van der Waals surface area (Å²) in [6, 6.07) is 5.18. The third-order valence-corrected chi connectivity index (χ3v) is 2.80. The fourth-order valence-electron chi connectivity index (χ4n) is 1.16. The first-order valence-electron chi connectivity index (χ1n) is 5.19. The molecule has 0 heterocycles. The number of hydrogen-bond acceptors (Lipinski definition) is 4. The summed E-state index contributed by atoms with van der Waals surface area (Å²) in [5, 5.41) is 4.76. The van der Waals surface area contributed by atoms with Gasteiger partial charge in [-0.05, 0) is 24.6 Å². The van der Waals surface area contributed by atoms with Crippen LogP contribution in [0.5, 0.6) is 0 Å². The van der Waals surface area contributed by atoms with E-state index in [1.54, 1.807) is 25.1 Å². The zero-order valence-corrected chi connectivity index (χ0v) is 11.6. The molecular formula is C12H13Cl2NO3. The third-order valence-electron chi connectivity index (χ3n) is 2.06. The van der Waals surface area contributed by atoms with Gasteiger partial charge in [0, 0.05) is 0 Å². The second kappa shape index (κ2) is 7.24. The minimum Gasteiger partial charge on any atom is -0.469 e. The Morgan fingerprint density at radius 2 is 2.06 bits per heavy atom. The Hall–Kier alpha value is -1.26. The van der Waals surface area contributed by atoms with Gasteiger partial charge in [-0.3, -0.25) is 4.79 Å². The number of methoxy groups -OCH3 is 1. The van der Waals surface area contributed by atoms with Crippen molar-refractivity contribution in [3.8, 4) is 0 Å². The van der Waals surface area contributed by atoms with Crippen LogP contribution in [-0.4, -0.2) is 18.8 Å². The second-order valence-corrected chi connectivity index (χ2v) is 4.42. The summed E-state index contributed by atoms with van der Waals surface area (Å²) in [7, 11) is 1.33. The Balaban J connectivity index is 2.47. The molecule has 0 aliphatic carbocycles. The molecule has 0 aliphatic heterocycles. The van der Waals surface area contributed by atoms with Gasteiger partial charge in [-0.25, -0.2) is 0 Å². The highest BCUT2D eigenvalue weighted by Gasteiger charge is 2.03. The lowest BCUT2D eigenvalue weighted by Gasteiger charge is -2.03. The van der Waals surface area contributed by atoms with Gasteiger partial charge in [0.1, 0.15) is 6.61 Å². The monoisotopic (exact) mass is 289 g/mol. The van der Waals surface area contributed by atoms with Crippen molar-refractivity contribution >= 4 is 34.9 Å². The van der Waals surface area contributed by atoms with Crippen molar-refractivity contribution in [3.05, 3.63) is 33.8 Å². The van der Waals surface area contributed by atoms with E-state index in [-0.39, 0.29) is 19.0 Å². The Morgan fingerprint density at radius 1 is 1.33 bits per heavy atom. The van der Waals surface area contributed by atoms with Gasteiger partial charge in [-0.2, -0.15) is 0 Å². The summed E-state index contributed by atoms with van der Waals surface area (Å²) < 4.78 is 4.51. The van der Waals surface area contributed by atoms with Gasteiger partial charge >= 0.3 is 5.97 Å². The highest BCUT2D eigenvalue weighted by atomic mass is 35.5. The molecule has 0 saturated carbocycles. The second-order valence-electron chi connectivity index (χ2n) is 3.60. The van der Waals surface area contributed by atoms with E-state index in [0.717, 1.165) is 5.56 Å². The van der Waals surface area contributed by atoms with E-state index >= 15 is 0 Å². The van der Waals surface area contributed by atoms with Gasteiger partial charge in [0.05, 0.1) is 29.3 Å². The molecule has 1 rings (SSSR count). The first kappa shape index (κ1) is 14.8. The average Bonchev–Trinajstić information content (AvgIpc) is 2.33. The van der Waals surface area contributed by atoms with Crippen LogP contribution >= 0.6 is 23.2 Å². The van der Waals surface area contributed by atoms with Crippen LogP contribution < -0.4 is 0 Å². The summed E-state index contributed by atoms with van der Waals surface area (Å²) in [6.07, 6.45) is 0.109. The summed E-state index contributed by atoms with van der Waals surface area (Å²) in [5.74, 6) is -0.352. The van der Waals surface area contributed by atoms with E-state index in [0.29, 0.717) is 15.8 Å². The van der Waals surface area contributed by atoms with Gasteiger partial charge < -0.3 is 9.57 Å². The summed E-state index contributed by atoms with van der Waals surface area (Å²) in [6.45, 7) is 1.95. The highest BCUT2D eigenvalue weighted by molar-refractivity contribution is 6.42. The maximum absolute atomic E-state index is 10.9. The number of rotatable bonds is 5. The number of oxime groups is 1. The molecule has 4 nitrogen and oxygen atoms in total. The minimum absolute atomic E-state index is 0.109. The van der Waals surface area contributed by atoms with Crippen LogP contribution in [0.1, 0.15) is 18.9 Å². The van der Waals surface area contributed by atoms with Crippen molar-refractivity contribution < 1.29 is 14.4 Å². The number of halogens is 2. The van der Waals surface area contributed by atoms with E-state index in [9.17, 15) is 4.79 Å². The van der Waals surface area contributed by atoms with Crippen molar-refractivity contribution in [1.82, 2.24) is 0 Å². The first-order valence-corrected chi connectivity index (χ1v) is 5.94. The highest BCUT2D eigenvalue weighted by Crippen LogP contribution is 2.22. The van der Waals surface area contributed by atoms with Gasteiger partial charge in [0.25, 0.3) is 0 Å². The van der Waals surface area contributed by atoms with Crippen molar-refractivity contribution in [2.24, 2.45) is 5.16 Å². The Morgan fingerprint density at radius 3 is 2.67 bits per heavy atom. The molecule has 0 aliphatic rings. The largest absolute Gasteiger partial charge is 0.469 e. The molecule has 0 spiro atoms. The standard InChI is InChI=1S/C12H13Cl2NO3/c1-8(5-12(16)17-2)15-18-7-9-3-4-10(13)11(14)6-9/h3-4,6H,5,7H2,1-2H3. The molecule has 0 unspecified atom stereocenters. The summed E-state index contributed by atoms with van der Waals surface area (Å²) in [4.78, 5) is 16.0. The van der Waals surface area contributed by atoms with Crippen LogP contribution in [0.2, 0.25) is 10.0 Å². The molecule has 0 saturated heterocycles. The van der Waals surface area contributed by atoms with E-state index in [1.165, 1.54) is 7.11 Å². The van der Waals surface area contributed by atoms with Crippen LogP contribution in [0, 0.1) is 0 Å². The molecule has 0 radical (unpaired) electrons. The number of ether oxygens (including phenoxy) is 1. The summed E-state index contributed by atoms with van der Waals surface area (Å²) >= 11 is 11.6. The lowest BCUT2D eigenvalue weighted by atomic mass is 10.2. The molecule has 0 N–H and O–H groups in total. The number of hydrogen-bond donors (Lipinski definition) is 0. The molecule has 1 aromatic carbocycles. The Bertz CT molecular complexity index is 461.